The van der Waals surface area contributed by atoms with Gasteiger partial charge in [0.2, 0.25) is 0 Å². The van der Waals surface area contributed by atoms with Gasteiger partial charge in [0.15, 0.2) is 5.78 Å². The lowest BCUT2D eigenvalue weighted by Gasteiger charge is -2.44. The molecule has 1 aromatic rings. The van der Waals surface area contributed by atoms with Crippen LogP contribution in [0.4, 0.5) is 0 Å². The predicted octanol–water partition coefficient (Wildman–Crippen LogP) is 4.42. The molecule has 0 spiro atoms. The Morgan fingerprint density at radius 1 is 1.33 bits per heavy atom. The van der Waals surface area contributed by atoms with Crippen molar-refractivity contribution < 1.29 is 4.79 Å². The fraction of sp³-hybridized carbons (Fsp3) is 0.400. The van der Waals surface area contributed by atoms with Gasteiger partial charge in [0.25, 0.3) is 0 Å². The molecule has 1 aliphatic carbocycles. The van der Waals surface area contributed by atoms with Crippen molar-refractivity contribution in [2.45, 2.75) is 38.5 Å². The van der Waals surface area contributed by atoms with Crippen LogP contribution in [-0.4, -0.2) is 18.8 Å². The number of rotatable bonds is 4. The van der Waals surface area contributed by atoms with E-state index in [-0.39, 0.29) is 5.78 Å². The number of nitrogens with zero attached hydrogens (tertiary/aromatic N) is 1. The highest BCUT2D eigenvalue weighted by Crippen LogP contribution is 2.53. The van der Waals surface area contributed by atoms with Crippen LogP contribution in [-0.2, 0) is 10.2 Å². The molecule has 0 fully saturated rings. The monoisotopic (exact) mass is 340 g/mol. The van der Waals surface area contributed by atoms with Gasteiger partial charge >= 0.3 is 0 Å². The molecule has 126 valence electrons. The van der Waals surface area contributed by atoms with Gasteiger partial charge in [-0.15, -0.1) is 11.8 Å². The molecule has 0 unspecified atom stereocenters. The maximum atomic E-state index is 13.1. The molecule has 3 nitrogen and oxygen atoms in total. The Labute approximate surface area is 148 Å². The maximum absolute atomic E-state index is 13.1. The molecule has 0 bridgehead atoms. The van der Waals surface area contributed by atoms with Crippen molar-refractivity contribution in [3.8, 4) is 0 Å². The second-order valence-corrected chi connectivity index (χ2v) is 7.40. The number of thioether (sulfide) groups is 1. The Balaban J connectivity index is 2.33. The van der Waals surface area contributed by atoms with Crippen LogP contribution >= 0.6 is 11.8 Å². The highest BCUT2D eigenvalue weighted by atomic mass is 32.2. The van der Waals surface area contributed by atoms with Gasteiger partial charge in [-0.2, -0.15) is 0 Å². The number of allylic oxidation sites excluding steroid dienone is 3. The number of carbonyl (C=O) groups excluding carboxylic acids is 1. The minimum atomic E-state index is -0.422. The van der Waals surface area contributed by atoms with E-state index in [1.165, 1.54) is 0 Å². The number of nitrogens with one attached hydrogen (secondary N) is 1. The van der Waals surface area contributed by atoms with Crippen molar-refractivity contribution in [1.29, 1.82) is 0 Å². The van der Waals surface area contributed by atoms with Crippen molar-refractivity contribution in [3.05, 3.63) is 57.9 Å². The third-order valence-electron chi connectivity index (χ3n) is 5.12. The van der Waals surface area contributed by atoms with E-state index in [4.69, 9.17) is 0 Å². The molecule has 4 heteroatoms. The number of dihydropyridines is 1. The quantitative estimate of drug-likeness (QED) is 0.825. The Morgan fingerprint density at radius 3 is 2.62 bits per heavy atom. The minimum absolute atomic E-state index is 0.261. The molecule has 0 amide bonds. The lowest BCUT2D eigenvalue weighted by Crippen LogP contribution is -2.44. The van der Waals surface area contributed by atoms with Gasteiger partial charge in [-0.1, -0.05) is 44.2 Å². The van der Waals surface area contributed by atoms with E-state index in [0.717, 1.165) is 40.4 Å². The van der Waals surface area contributed by atoms with Crippen LogP contribution in [0.1, 0.15) is 38.7 Å². The summed E-state index contributed by atoms with van der Waals surface area (Å²) in [6.45, 7) is 8.05. The zero-order chi connectivity index (χ0) is 17.3. The third kappa shape index (κ3) is 2.44. The topological polar surface area (TPSA) is 41.5 Å². The summed E-state index contributed by atoms with van der Waals surface area (Å²) in [4.78, 5) is 18.4. The Kier molecular flexibility index (Phi) is 4.68. The van der Waals surface area contributed by atoms with Gasteiger partial charge in [0.05, 0.1) is 5.41 Å². The molecule has 3 rings (SSSR count). The van der Waals surface area contributed by atoms with E-state index in [9.17, 15) is 4.79 Å². The fourth-order valence-electron chi connectivity index (χ4n) is 4.16. The zero-order valence-electron chi connectivity index (χ0n) is 14.6. The summed E-state index contributed by atoms with van der Waals surface area (Å²) in [7, 11) is 0. The van der Waals surface area contributed by atoms with Crippen molar-refractivity contribution in [2.24, 2.45) is 10.9 Å². The summed E-state index contributed by atoms with van der Waals surface area (Å²) in [5, 5.41) is 3.41. The number of benzene rings is 1. The standard InChI is InChI=1S/C20H24N2OS/c1-5-20(14-9-7-6-8-10-14)17-15(11-13(2)12-16(17)23)22-19(21-3)18(20)24-4/h6-10,13,22H,3,5,11-12H2,1-2,4H3/t13-,20-/m1/s1. The van der Waals surface area contributed by atoms with Crippen LogP contribution in [0.2, 0.25) is 0 Å². The van der Waals surface area contributed by atoms with E-state index in [2.05, 4.69) is 49.3 Å². The van der Waals surface area contributed by atoms with E-state index >= 15 is 0 Å². The largest absolute Gasteiger partial charge is 0.343 e. The average Bonchev–Trinajstić information content (AvgIpc) is 2.60. The number of Topliss-reactive ketones (excluding diaryl/α,β-unsaturated/α-hetero) is 1. The van der Waals surface area contributed by atoms with Gasteiger partial charge in [-0.05, 0) is 37.3 Å². The molecule has 2 aliphatic rings. The van der Waals surface area contributed by atoms with Crippen molar-refractivity contribution in [3.63, 3.8) is 0 Å². The first-order chi connectivity index (χ1) is 11.6. The number of carbonyl (C=O) groups is 1. The molecule has 1 aromatic carbocycles. The first-order valence-corrected chi connectivity index (χ1v) is 9.65. The summed E-state index contributed by atoms with van der Waals surface area (Å²) in [5.74, 6) is 1.42. The highest BCUT2D eigenvalue weighted by molar-refractivity contribution is 8.02. The van der Waals surface area contributed by atoms with Crippen LogP contribution < -0.4 is 5.32 Å². The molecule has 24 heavy (non-hydrogen) atoms. The first kappa shape index (κ1) is 17.0. The summed E-state index contributed by atoms with van der Waals surface area (Å²) in [6, 6.07) is 10.4. The van der Waals surface area contributed by atoms with Gasteiger partial charge in [0.1, 0.15) is 5.82 Å². The minimum Gasteiger partial charge on any atom is -0.343 e. The summed E-state index contributed by atoms with van der Waals surface area (Å²) in [6.07, 6.45) is 4.38. The number of hydrogen-bond donors (Lipinski definition) is 1. The Morgan fingerprint density at radius 2 is 2.04 bits per heavy atom. The lowest BCUT2D eigenvalue weighted by molar-refractivity contribution is -0.117. The molecule has 2 atom stereocenters. The lowest BCUT2D eigenvalue weighted by atomic mass is 9.65. The third-order valence-corrected chi connectivity index (χ3v) is 6.08. The van der Waals surface area contributed by atoms with Crippen molar-refractivity contribution >= 4 is 24.3 Å². The molecule has 0 saturated heterocycles. The summed E-state index contributed by atoms with van der Waals surface area (Å²) >= 11 is 1.66. The Hall–Kier alpha value is -1.81. The average molecular weight is 340 g/mol. The van der Waals surface area contributed by atoms with E-state index in [1.807, 2.05) is 18.2 Å². The smallest absolute Gasteiger partial charge is 0.162 e. The van der Waals surface area contributed by atoms with Crippen LogP contribution in [0.3, 0.4) is 0 Å². The predicted molar refractivity (Wildman–Crippen MR) is 102 cm³/mol. The normalized spacial score (nSPS) is 27.0. The molecule has 0 aromatic heterocycles. The van der Waals surface area contributed by atoms with Crippen LogP contribution in [0.15, 0.2) is 57.3 Å². The number of hydrogen-bond acceptors (Lipinski definition) is 4. The molecule has 0 saturated carbocycles. The van der Waals surface area contributed by atoms with Crippen LogP contribution in [0.25, 0.3) is 0 Å². The van der Waals surface area contributed by atoms with Crippen molar-refractivity contribution in [2.75, 3.05) is 6.26 Å². The molecule has 1 N–H and O–H groups in total. The SMILES string of the molecule is C=NC1=C(SC)[C@](CC)(c2ccccc2)C2=C(C[C@@H](C)CC2=O)N1. The zero-order valence-corrected chi connectivity index (χ0v) is 15.4. The molecular weight excluding hydrogens is 316 g/mol. The van der Waals surface area contributed by atoms with Gasteiger partial charge in [0, 0.05) is 22.6 Å². The number of aliphatic imine (C=N–C) groups is 1. The van der Waals surface area contributed by atoms with Crippen LogP contribution in [0, 0.1) is 5.92 Å². The molecule has 1 heterocycles. The Bertz CT molecular complexity index is 735. The van der Waals surface area contributed by atoms with Crippen LogP contribution in [0.5, 0.6) is 0 Å². The molecule has 1 aliphatic heterocycles. The number of ketones is 1. The summed E-state index contributed by atoms with van der Waals surface area (Å²) in [5.41, 5.74) is 2.71. The maximum Gasteiger partial charge on any atom is 0.162 e. The van der Waals surface area contributed by atoms with Gasteiger partial charge in [-0.3, -0.25) is 4.79 Å². The van der Waals surface area contributed by atoms with Gasteiger partial charge < -0.3 is 5.32 Å². The van der Waals surface area contributed by atoms with E-state index < -0.39 is 5.41 Å². The van der Waals surface area contributed by atoms with E-state index in [1.54, 1.807) is 11.8 Å². The molecule has 0 radical (unpaired) electrons. The van der Waals surface area contributed by atoms with Gasteiger partial charge in [-0.25, -0.2) is 4.99 Å². The van der Waals surface area contributed by atoms with E-state index in [0.29, 0.717) is 12.3 Å². The highest BCUT2D eigenvalue weighted by Gasteiger charge is 2.48. The fourth-order valence-corrected chi connectivity index (χ4v) is 5.18. The summed E-state index contributed by atoms with van der Waals surface area (Å²) < 4.78 is 0. The molecular formula is C20H24N2OS. The second-order valence-electron chi connectivity index (χ2n) is 6.58. The first-order valence-electron chi connectivity index (χ1n) is 8.43. The second kappa shape index (κ2) is 6.60. The van der Waals surface area contributed by atoms with Crippen molar-refractivity contribution in [1.82, 2.24) is 5.32 Å².